The molecule has 7 heteroatoms. The number of esters is 1. The number of carbonyl (C=O) groups is 1. The van der Waals surface area contributed by atoms with Crippen LogP contribution in [0.3, 0.4) is 0 Å². The molecule has 26 heavy (non-hydrogen) atoms. The van der Waals surface area contributed by atoms with Crippen molar-refractivity contribution in [2.45, 2.75) is 56.7 Å². The molecule has 142 valence electrons. The Labute approximate surface area is 151 Å². The number of methoxy groups -OCH3 is 1. The molecule has 7 nitrogen and oxygen atoms in total. The van der Waals surface area contributed by atoms with Gasteiger partial charge in [-0.25, -0.2) is 4.79 Å². The number of fused-ring (bicyclic) bond motifs is 3. The minimum atomic E-state index is -0.977. The summed E-state index contributed by atoms with van der Waals surface area (Å²) in [5.74, 6) is -0.437. The standard InChI is InChI=1S/C19H24O7/c1-10-4-3-5-13(20)14(21)6-7-16-18(26-16)12-8-11(24-2)9-15(22)17(12)19(23)25-10/h3,5,8-10,13-14,16,18,20-22H,4,6-7H2,1-2H3. The maximum atomic E-state index is 12.6. The average Bonchev–Trinajstić information content (AvgIpc) is 3.37. The fraction of sp³-hybridized carbons (Fsp3) is 0.526. The first-order valence-corrected chi connectivity index (χ1v) is 8.70. The zero-order valence-corrected chi connectivity index (χ0v) is 14.8. The Bertz CT molecular complexity index is 699. The molecule has 0 radical (unpaired) electrons. The van der Waals surface area contributed by atoms with E-state index in [-0.39, 0.29) is 17.4 Å². The molecule has 0 amide bonds. The van der Waals surface area contributed by atoms with Crippen LogP contribution in [0.5, 0.6) is 11.5 Å². The minimum Gasteiger partial charge on any atom is -0.507 e. The van der Waals surface area contributed by atoms with Gasteiger partial charge in [-0.05, 0) is 25.8 Å². The van der Waals surface area contributed by atoms with Crippen molar-refractivity contribution in [3.8, 4) is 11.5 Å². The number of epoxide rings is 1. The number of phenolic OH excluding ortho intramolecular Hbond substituents is 1. The Hall–Kier alpha value is -2.09. The van der Waals surface area contributed by atoms with Crippen molar-refractivity contribution < 1.29 is 34.3 Å². The van der Waals surface area contributed by atoms with Crippen molar-refractivity contribution in [2.24, 2.45) is 0 Å². The summed E-state index contributed by atoms with van der Waals surface area (Å²) in [5, 5.41) is 30.3. The number of aliphatic hydroxyl groups is 2. The average molecular weight is 364 g/mol. The maximum Gasteiger partial charge on any atom is 0.342 e. The van der Waals surface area contributed by atoms with E-state index in [9.17, 15) is 20.1 Å². The van der Waals surface area contributed by atoms with E-state index in [0.29, 0.717) is 30.6 Å². The first-order valence-electron chi connectivity index (χ1n) is 8.70. The highest BCUT2D eigenvalue weighted by Gasteiger charge is 2.43. The van der Waals surface area contributed by atoms with Gasteiger partial charge in [-0.2, -0.15) is 0 Å². The molecule has 5 unspecified atom stereocenters. The van der Waals surface area contributed by atoms with E-state index >= 15 is 0 Å². The van der Waals surface area contributed by atoms with E-state index in [1.807, 2.05) is 0 Å². The van der Waals surface area contributed by atoms with E-state index < -0.39 is 30.4 Å². The second-order valence-corrected chi connectivity index (χ2v) is 6.72. The molecule has 2 aliphatic heterocycles. The second-order valence-electron chi connectivity index (χ2n) is 6.72. The van der Waals surface area contributed by atoms with E-state index in [4.69, 9.17) is 14.2 Å². The first kappa shape index (κ1) is 18.7. The van der Waals surface area contributed by atoms with Crippen LogP contribution in [0.15, 0.2) is 24.3 Å². The van der Waals surface area contributed by atoms with Gasteiger partial charge in [0.2, 0.25) is 0 Å². The number of aliphatic hydroxyl groups excluding tert-OH is 2. The minimum absolute atomic E-state index is 0.0757. The van der Waals surface area contributed by atoms with Gasteiger partial charge in [0.25, 0.3) is 0 Å². The summed E-state index contributed by atoms with van der Waals surface area (Å²) in [4.78, 5) is 12.6. The molecule has 3 rings (SSSR count). The van der Waals surface area contributed by atoms with Crippen molar-refractivity contribution in [2.75, 3.05) is 7.11 Å². The number of aromatic hydroxyl groups is 1. The van der Waals surface area contributed by atoms with Gasteiger partial charge in [0.05, 0.1) is 25.4 Å². The topological polar surface area (TPSA) is 109 Å². The van der Waals surface area contributed by atoms with Crippen LogP contribution in [0.2, 0.25) is 0 Å². The SMILES string of the molecule is COc1cc(O)c2c(c1)C1OC1CCC(O)C(O)C=CCC(C)OC2=O. The highest BCUT2D eigenvalue weighted by Crippen LogP contribution is 2.46. The number of ether oxygens (including phenoxy) is 3. The van der Waals surface area contributed by atoms with Crippen LogP contribution in [-0.2, 0) is 9.47 Å². The summed E-state index contributed by atoms with van der Waals surface area (Å²) in [7, 11) is 1.47. The zero-order valence-electron chi connectivity index (χ0n) is 14.8. The molecular formula is C19H24O7. The molecule has 1 saturated heterocycles. The second kappa shape index (κ2) is 7.65. The molecule has 0 aromatic heterocycles. The summed E-state index contributed by atoms with van der Waals surface area (Å²) in [6, 6.07) is 3.02. The van der Waals surface area contributed by atoms with Crippen LogP contribution >= 0.6 is 0 Å². The molecule has 1 aromatic rings. The van der Waals surface area contributed by atoms with Gasteiger partial charge in [-0.3, -0.25) is 0 Å². The van der Waals surface area contributed by atoms with E-state index in [2.05, 4.69) is 0 Å². The van der Waals surface area contributed by atoms with Crippen LogP contribution in [-0.4, -0.2) is 52.8 Å². The van der Waals surface area contributed by atoms with Gasteiger partial charge in [0.1, 0.15) is 29.3 Å². The number of hydrogen-bond acceptors (Lipinski definition) is 7. The fourth-order valence-electron chi connectivity index (χ4n) is 3.16. The molecule has 3 N–H and O–H groups in total. The van der Waals surface area contributed by atoms with E-state index in [0.717, 1.165) is 0 Å². The van der Waals surface area contributed by atoms with E-state index in [1.54, 1.807) is 19.1 Å². The third-order valence-corrected chi connectivity index (χ3v) is 4.70. The summed E-state index contributed by atoms with van der Waals surface area (Å²) < 4.78 is 16.2. The third kappa shape index (κ3) is 4.00. The van der Waals surface area contributed by atoms with Crippen LogP contribution in [0.25, 0.3) is 0 Å². The van der Waals surface area contributed by atoms with Crippen molar-refractivity contribution in [1.29, 1.82) is 0 Å². The number of rotatable bonds is 1. The predicted octanol–water partition coefficient (Wildman–Crippen LogP) is 1.85. The Kier molecular flexibility index (Phi) is 5.50. The lowest BCUT2D eigenvalue weighted by molar-refractivity contribution is 0.0332. The molecule has 0 spiro atoms. The molecule has 1 fully saturated rings. The summed E-state index contributed by atoms with van der Waals surface area (Å²) in [5.41, 5.74) is 0.582. The molecule has 2 heterocycles. The highest BCUT2D eigenvalue weighted by molar-refractivity contribution is 5.95. The molecule has 2 aliphatic rings. The number of hydrogen-bond donors (Lipinski definition) is 3. The van der Waals surface area contributed by atoms with E-state index in [1.165, 1.54) is 19.3 Å². The van der Waals surface area contributed by atoms with Crippen molar-refractivity contribution in [3.63, 3.8) is 0 Å². The van der Waals surface area contributed by atoms with Gasteiger partial charge < -0.3 is 29.5 Å². The summed E-state index contributed by atoms with van der Waals surface area (Å²) >= 11 is 0. The fourth-order valence-corrected chi connectivity index (χ4v) is 3.16. The van der Waals surface area contributed by atoms with Crippen molar-refractivity contribution >= 4 is 5.97 Å². The Morgan fingerprint density at radius 1 is 1.23 bits per heavy atom. The number of carbonyl (C=O) groups excluding carboxylic acids is 1. The molecule has 5 atom stereocenters. The number of benzene rings is 1. The third-order valence-electron chi connectivity index (χ3n) is 4.70. The molecule has 1 aromatic carbocycles. The molecular weight excluding hydrogens is 340 g/mol. The largest absolute Gasteiger partial charge is 0.507 e. The van der Waals surface area contributed by atoms with Gasteiger partial charge in [0.15, 0.2) is 0 Å². The van der Waals surface area contributed by atoms with Gasteiger partial charge in [-0.15, -0.1) is 0 Å². The smallest absolute Gasteiger partial charge is 0.342 e. The van der Waals surface area contributed by atoms with Crippen LogP contribution < -0.4 is 4.74 Å². The van der Waals surface area contributed by atoms with Gasteiger partial charge >= 0.3 is 5.97 Å². The molecule has 0 aliphatic carbocycles. The Balaban J connectivity index is 1.94. The van der Waals surface area contributed by atoms with Crippen molar-refractivity contribution in [1.82, 2.24) is 0 Å². The quantitative estimate of drug-likeness (QED) is 0.396. The predicted molar refractivity (Wildman–Crippen MR) is 92.2 cm³/mol. The summed E-state index contributed by atoms with van der Waals surface area (Å²) in [6.45, 7) is 1.72. The maximum absolute atomic E-state index is 12.6. The monoisotopic (exact) mass is 364 g/mol. The first-order chi connectivity index (χ1) is 12.4. The lowest BCUT2D eigenvalue weighted by Gasteiger charge is -2.17. The number of phenols is 1. The zero-order chi connectivity index (χ0) is 18.8. The van der Waals surface area contributed by atoms with Gasteiger partial charge in [-0.1, -0.05) is 12.2 Å². The Morgan fingerprint density at radius 2 is 2.00 bits per heavy atom. The lowest BCUT2D eigenvalue weighted by atomic mass is 9.98. The number of cyclic esters (lactones) is 1. The van der Waals surface area contributed by atoms with Gasteiger partial charge in [0, 0.05) is 18.1 Å². The van der Waals surface area contributed by atoms with Crippen LogP contribution in [0.4, 0.5) is 0 Å². The van der Waals surface area contributed by atoms with Crippen molar-refractivity contribution in [3.05, 3.63) is 35.4 Å². The Morgan fingerprint density at radius 3 is 2.73 bits per heavy atom. The van der Waals surface area contributed by atoms with Crippen LogP contribution in [0.1, 0.15) is 48.2 Å². The lowest BCUT2D eigenvalue weighted by Crippen LogP contribution is -2.24. The van der Waals surface area contributed by atoms with Crippen LogP contribution in [0, 0.1) is 0 Å². The molecule has 0 saturated carbocycles. The summed E-state index contributed by atoms with van der Waals surface area (Å²) in [6.07, 6.45) is 1.49. The normalized spacial score (nSPS) is 32.0. The highest BCUT2D eigenvalue weighted by atomic mass is 16.6. The molecule has 0 bridgehead atoms.